The Balaban J connectivity index is 2.15. The van der Waals surface area contributed by atoms with E-state index in [1.165, 1.54) is 5.56 Å². The molecular weight excluding hydrogens is 332 g/mol. The van der Waals surface area contributed by atoms with Crippen molar-refractivity contribution in [3.05, 3.63) is 63.6 Å². The number of hydrogen-bond donors (Lipinski definition) is 2. The van der Waals surface area contributed by atoms with Gasteiger partial charge >= 0.3 is 0 Å². The molecule has 21 heavy (non-hydrogen) atoms. The first-order chi connectivity index (χ1) is 10.1. The van der Waals surface area contributed by atoms with Crippen LogP contribution in [0.2, 0.25) is 0 Å². The minimum Gasteiger partial charge on any atom is -0.488 e. The van der Waals surface area contributed by atoms with Crippen molar-refractivity contribution >= 4 is 21.8 Å². The molecule has 0 aliphatic rings. The third-order valence-electron chi connectivity index (χ3n) is 3.15. The molecule has 0 heterocycles. The van der Waals surface area contributed by atoms with Gasteiger partial charge in [0.05, 0.1) is 5.56 Å². The molecule has 0 atom stereocenters. The zero-order valence-electron chi connectivity index (χ0n) is 11.7. The molecule has 5 heteroatoms. The molecule has 110 valence electrons. The summed E-state index contributed by atoms with van der Waals surface area (Å²) in [6, 6.07) is 13.7. The van der Waals surface area contributed by atoms with E-state index in [1.807, 2.05) is 18.2 Å². The van der Waals surface area contributed by atoms with E-state index in [9.17, 15) is 0 Å². The topological polar surface area (TPSA) is 67.8 Å². The van der Waals surface area contributed by atoms with Crippen molar-refractivity contribution in [1.82, 2.24) is 0 Å². The number of hydrogen-bond acceptors (Lipinski definition) is 3. The summed E-state index contributed by atoms with van der Waals surface area (Å²) in [5, 5.41) is 11.9. The van der Waals surface area contributed by atoms with Gasteiger partial charge in [-0.15, -0.1) is 0 Å². The molecule has 2 aromatic carbocycles. The Kier molecular flexibility index (Phi) is 5.22. The van der Waals surface area contributed by atoms with Gasteiger partial charge in [0.25, 0.3) is 0 Å². The van der Waals surface area contributed by atoms with Crippen LogP contribution in [0.4, 0.5) is 0 Å². The van der Waals surface area contributed by atoms with Gasteiger partial charge in [0.2, 0.25) is 0 Å². The number of nitrogens with two attached hydrogens (primary N) is 1. The zero-order valence-corrected chi connectivity index (χ0v) is 13.3. The first kappa shape index (κ1) is 15.4. The Bertz CT molecular complexity index is 639. The molecule has 0 bridgehead atoms. The molecule has 4 nitrogen and oxygen atoms in total. The summed E-state index contributed by atoms with van der Waals surface area (Å²) < 4.78 is 6.62. The molecule has 0 fully saturated rings. The van der Waals surface area contributed by atoms with E-state index in [-0.39, 0.29) is 5.84 Å². The lowest BCUT2D eigenvalue weighted by Crippen LogP contribution is -2.15. The molecule has 0 radical (unpaired) electrons. The molecule has 0 saturated carbocycles. The van der Waals surface area contributed by atoms with E-state index >= 15 is 0 Å². The first-order valence-electron chi connectivity index (χ1n) is 6.62. The van der Waals surface area contributed by atoms with Crippen LogP contribution in [0.15, 0.2) is 52.1 Å². The number of amidine groups is 1. The highest BCUT2D eigenvalue weighted by atomic mass is 79.9. The van der Waals surface area contributed by atoms with Crippen LogP contribution in [0.5, 0.6) is 5.75 Å². The first-order valence-corrected chi connectivity index (χ1v) is 7.41. The number of rotatable bonds is 5. The Morgan fingerprint density at radius 2 is 1.86 bits per heavy atom. The summed E-state index contributed by atoms with van der Waals surface area (Å²) in [4.78, 5) is 0. The number of nitrogens with zero attached hydrogens (tertiary/aromatic N) is 1. The summed E-state index contributed by atoms with van der Waals surface area (Å²) in [6.07, 6.45) is 1.02. The van der Waals surface area contributed by atoms with Gasteiger partial charge < -0.3 is 15.7 Å². The average Bonchev–Trinajstić information content (AvgIpc) is 2.53. The molecule has 0 amide bonds. The van der Waals surface area contributed by atoms with Gasteiger partial charge in [0, 0.05) is 4.47 Å². The van der Waals surface area contributed by atoms with Crippen molar-refractivity contribution < 1.29 is 9.94 Å². The third-order valence-corrected chi connectivity index (χ3v) is 3.64. The van der Waals surface area contributed by atoms with Crippen LogP contribution >= 0.6 is 15.9 Å². The highest BCUT2D eigenvalue weighted by Crippen LogP contribution is 2.24. The maximum absolute atomic E-state index is 8.84. The zero-order chi connectivity index (χ0) is 15.2. The summed E-state index contributed by atoms with van der Waals surface area (Å²) >= 11 is 3.36. The number of ether oxygens (including phenoxy) is 1. The van der Waals surface area contributed by atoms with Crippen LogP contribution in [0.25, 0.3) is 0 Å². The van der Waals surface area contributed by atoms with Gasteiger partial charge in [0.1, 0.15) is 12.4 Å². The van der Waals surface area contributed by atoms with Gasteiger partial charge in [-0.1, -0.05) is 52.3 Å². The Hall–Kier alpha value is -2.01. The second-order valence-corrected chi connectivity index (χ2v) is 5.50. The molecule has 2 rings (SSSR count). The molecule has 2 aromatic rings. The second-order valence-electron chi connectivity index (χ2n) is 4.58. The lowest BCUT2D eigenvalue weighted by Gasteiger charge is -2.11. The molecule has 0 aliphatic carbocycles. The maximum Gasteiger partial charge on any atom is 0.173 e. The van der Waals surface area contributed by atoms with Crippen molar-refractivity contribution in [2.45, 2.75) is 20.0 Å². The standard InChI is InChI=1S/C16H17BrN2O2/c1-2-11-3-5-12(6-4-11)10-21-15-8-7-13(17)9-14(15)16(18)19-20/h3-9,20H,2,10H2,1H3,(H2,18,19). The van der Waals surface area contributed by atoms with Crippen molar-refractivity contribution in [1.29, 1.82) is 0 Å². The SMILES string of the molecule is CCc1ccc(COc2ccc(Br)cc2/C(N)=N/O)cc1. The highest BCUT2D eigenvalue weighted by molar-refractivity contribution is 9.10. The van der Waals surface area contributed by atoms with Gasteiger partial charge in [-0.3, -0.25) is 0 Å². The molecule has 0 unspecified atom stereocenters. The monoisotopic (exact) mass is 348 g/mol. The van der Waals surface area contributed by atoms with E-state index < -0.39 is 0 Å². The van der Waals surface area contributed by atoms with Crippen molar-refractivity contribution in [3.8, 4) is 5.75 Å². The molecule has 0 saturated heterocycles. The van der Waals surface area contributed by atoms with E-state index in [2.05, 4.69) is 40.1 Å². The minimum atomic E-state index is 0.0210. The summed E-state index contributed by atoms with van der Waals surface area (Å²) in [5.41, 5.74) is 8.58. The van der Waals surface area contributed by atoms with Crippen LogP contribution in [0.3, 0.4) is 0 Å². The van der Waals surface area contributed by atoms with Crippen LogP contribution in [0.1, 0.15) is 23.6 Å². The summed E-state index contributed by atoms with van der Waals surface area (Å²) in [6.45, 7) is 2.55. The lowest BCUT2D eigenvalue weighted by molar-refractivity contribution is 0.303. The predicted molar refractivity (Wildman–Crippen MR) is 86.8 cm³/mol. The lowest BCUT2D eigenvalue weighted by atomic mass is 10.1. The number of halogens is 1. The van der Waals surface area contributed by atoms with Crippen molar-refractivity contribution in [2.75, 3.05) is 0 Å². The number of benzene rings is 2. The highest BCUT2D eigenvalue weighted by Gasteiger charge is 2.09. The van der Waals surface area contributed by atoms with E-state index in [1.54, 1.807) is 12.1 Å². The van der Waals surface area contributed by atoms with E-state index in [4.69, 9.17) is 15.7 Å². The fourth-order valence-electron chi connectivity index (χ4n) is 1.91. The third kappa shape index (κ3) is 3.98. The van der Waals surface area contributed by atoms with Crippen molar-refractivity contribution in [2.24, 2.45) is 10.9 Å². The van der Waals surface area contributed by atoms with E-state index in [0.29, 0.717) is 17.9 Å². The maximum atomic E-state index is 8.84. The largest absolute Gasteiger partial charge is 0.488 e. The predicted octanol–water partition coefficient (Wildman–Crippen LogP) is 3.69. The molecular formula is C16H17BrN2O2. The second kappa shape index (κ2) is 7.13. The summed E-state index contributed by atoms with van der Waals surface area (Å²) in [5.74, 6) is 0.598. The molecule has 3 N–H and O–H groups in total. The van der Waals surface area contributed by atoms with Gasteiger partial charge in [-0.2, -0.15) is 0 Å². The average molecular weight is 349 g/mol. The normalized spacial score (nSPS) is 11.4. The molecule has 0 aliphatic heterocycles. The molecule has 0 spiro atoms. The van der Waals surface area contributed by atoms with Gasteiger partial charge in [0.15, 0.2) is 5.84 Å². The Morgan fingerprint density at radius 3 is 2.48 bits per heavy atom. The van der Waals surface area contributed by atoms with Crippen molar-refractivity contribution in [3.63, 3.8) is 0 Å². The van der Waals surface area contributed by atoms with Crippen LogP contribution in [0, 0.1) is 0 Å². The van der Waals surface area contributed by atoms with E-state index in [0.717, 1.165) is 16.5 Å². The minimum absolute atomic E-state index is 0.0210. The smallest absolute Gasteiger partial charge is 0.173 e. The number of oxime groups is 1. The Labute approximate surface area is 132 Å². The van der Waals surface area contributed by atoms with Crippen LogP contribution in [-0.4, -0.2) is 11.0 Å². The molecule has 0 aromatic heterocycles. The van der Waals surface area contributed by atoms with Crippen LogP contribution < -0.4 is 10.5 Å². The quantitative estimate of drug-likeness (QED) is 0.374. The summed E-state index contributed by atoms with van der Waals surface area (Å²) in [7, 11) is 0. The Morgan fingerprint density at radius 1 is 1.19 bits per heavy atom. The number of aryl methyl sites for hydroxylation is 1. The van der Waals surface area contributed by atoms with Gasteiger partial charge in [-0.05, 0) is 35.7 Å². The van der Waals surface area contributed by atoms with Crippen LogP contribution in [-0.2, 0) is 13.0 Å². The fraction of sp³-hybridized carbons (Fsp3) is 0.188. The van der Waals surface area contributed by atoms with Gasteiger partial charge in [-0.25, -0.2) is 0 Å². The fourth-order valence-corrected chi connectivity index (χ4v) is 2.28.